The zero-order valence-corrected chi connectivity index (χ0v) is 21.2. The normalized spacial score (nSPS) is 15.2. The number of nitrogens with zero attached hydrogens (tertiary/aromatic N) is 2. The molecule has 1 aromatic heterocycles. The number of carbonyl (C=O) groups is 1. The fourth-order valence-electron chi connectivity index (χ4n) is 4.52. The van der Waals surface area contributed by atoms with Crippen molar-refractivity contribution >= 4 is 40.7 Å². The summed E-state index contributed by atoms with van der Waals surface area (Å²) < 4.78 is 13.9. The van der Waals surface area contributed by atoms with Crippen molar-refractivity contribution in [2.45, 2.75) is 18.4 Å². The molecule has 0 spiro atoms. The molecule has 0 atom stereocenters. The Balaban J connectivity index is 1.36. The highest BCUT2D eigenvalue weighted by Gasteiger charge is 2.36. The third-order valence-electron chi connectivity index (χ3n) is 6.54. The highest BCUT2D eigenvalue weighted by molar-refractivity contribution is 6.34. The van der Waals surface area contributed by atoms with Gasteiger partial charge in [-0.2, -0.15) is 0 Å². The van der Waals surface area contributed by atoms with E-state index in [0.29, 0.717) is 40.2 Å². The van der Waals surface area contributed by atoms with E-state index in [4.69, 9.17) is 34.8 Å². The Morgan fingerprint density at radius 1 is 0.944 bits per heavy atom. The van der Waals surface area contributed by atoms with Crippen LogP contribution >= 0.6 is 34.8 Å². The number of aromatic amines is 1. The summed E-state index contributed by atoms with van der Waals surface area (Å²) >= 11 is 18.5. The van der Waals surface area contributed by atoms with Crippen molar-refractivity contribution < 1.29 is 14.3 Å². The number of hydrogen-bond donors (Lipinski definition) is 2. The van der Waals surface area contributed by atoms with Crippen LogP contribution in [-0.2, 0) is 5.60 Å². The van der Waals surface area contributed by atoms with Crippen molar-refractivity contribution in [2.75, 3.05) is 13.1 Å². The lowest BCUT2D eigenvalue weighted by atomic mass is 9.84. The summed E-state index contributed by atoms with van der Waals surface area (Å²) in [7, 11) is 0. The van der Waals surface area contributed by atoms with Gasteiger partial charge in [0.05, 0.1) is 16.8 Å². The number of nitrogens with one attached hydrogen (secondary N) is 1. The van der Waals surface area contributed by atoms with E-state index in [1.54, 1.807) is 23.1 Å². The van der Waals surface area contributed by atoms with E-state index in [-0.39, 0.29) is 23.8 Å². The highest BCUT2D eigenvalue weighted by atomic mass is 35.5. The first-order valence-electron chi connectivity index (χ1n) is 11.3. The molecular formula is C27H21Cl3FN3O2. The molecule has 1 aliphatic rings. The van der Waals surface area contributed by atoms with Crippen LogP contribution in [0.5, 0.6) is 0 Å². The van der Waals surface area contributed by atoms with Gasteiger partial charge in [0, 0.05) is 34.3 Å². The summed E-state index contributed by atoms with van der Waals surface area (Å²) in [6.45, 7) is 0.611. The van der Waals surface area contributed by atoms with Crippen LogP contribution in [0.4, 0.5) is 4.39 Å². The van der Waals surface area contributed by atoms with Gasteiger partial charge < -0.3 is 15.0 Å². The number of rotatable bonds is 4. The number of H-pyrrole nitrogens is 1. The molecule has 3 aromatic carbocycles. The summed E-state index contributed by atoms with van der Waals surface area (Å²) in [5, 5.41) is 12.2. The van der Waals surface area contributed by atoms with Crippen molar-refractivity contribution in [3.05, 3.63) is 99.0 Å². The predicted molar refractivity (Wildman–Crippen MR) is 140 cm³/mol. The SMILES string of the molecule is O=C(c1cnc(-c2ccc(Cl)cc2-c2ccccc2Cl)[nH]1)N1CCC(O)(c2ccc(Cl)c(F)c2)CC1. The Morgan fingerprint density at radius 3 is 2.42 bits per heavy atom. The monoisotopic (exact) mass is 543 g/mol. The van der Waals surface area contributed by atoms with Gasteiger partial charge in [-0.05, 0) is 60.4 Å². The molecule has 184 valence electrons. The van der Waals surface area contributed by atoms with Crippen molar-refractivity contribution in [1.82, 2.24) is 14.9 Å². The largest absolute Gasteiger partial charge is 0.385 e. The van der Waals surface area contributed by atoms with Crippen LogP contribution in [-0.4, -0.2) is 39.0 Å². The van der Waals surface area contributed by atoms with Crippen LogP contribution in [0, 0.1) is 5.82 Å². The van der Waals surface area contributed by atoms with Crippen LogP contribution in [0.3, 0.4) is 0 Å². The molecule has 0 bridgehead atoms. The van der Waals surface area contributed by atoms with Crippen molar-refractivity contribution in [3.8, 4) is 22.5 Å². The van der Waals surface area contributed by atoms with Gasteiger partial charge in [0.1, 0.15) is 17.3 Å². The van der Waals surface area contributed by atoms with Crippen molar-refractivity contribution in [2.24, 2.45) is 0 Å². The number of aromatic nitrogens is 2. The number of benzene rings is 3. The molecule has 1 amide bonds. The van der Waals surface area contributed by atoms with E-state index >= 15 is 0 Å². The third-order valence-corrected chi connectivity index (χ3v) is 7.41. The molecule has 2 N–H and O–H groups in total. The fourth-order valence-corrected chi connectivity index (χ4v) is 5.04. The molecule has 36 heavy (non-hydrogen) atoms. The molecule has 5 nitrogen and oxygen atoms in total. The lowest BCUT2D eigenvalue weighted by Crippen LogP contribution is -2.45. The quantitative estimate of drug-likeness (QED) is 0.292. The number of aliphatic hydroxyl groups is 1. The van der Waals surface area contributed by atoms with Crippen LogP contribution in [0.25, 0.3) is 22.5 Å². The lowest BCUT2D eigenvalue weighted by Gasteiger charge is -2.38. The molecule has 2 heterocycles. The maximum absolute atomic E-state index is 13.9. The van der Waals surface area contributed by atoms with Crippen LogP contribution < -0.4 is 0 Å². The summed E-state index contributed by atoms with van der Waals surface area (Å²) in [5.41, 5.74) is 1.90. The summed E-state index contributed by atoms with van der Waals surface area (Å²) in [6, 6.07) is 17.1. The maximum Gasteiger partial charge on any atom is 0.271 e. The Bertz CT molecular complexity index is 1450. The standard InChI is InChI=1S/C27H21Cl3FN3O2/c28-17-6-7-19(20(14-17)18-3-1-2-4-21(18)29)25-32-15-24(33-25)26(35)34-11-9-27(36,10-12-34)16-5-8-22(30)23(31)13-16/h1-8,13-15,36H,9-12H2,(H,32,33). The molecule has 1 aliphatic heterocycles. The van der Waals surface area contributed by atoms with Crippen LogP contribution in [0.15, 0.2) is 66.9 Å². The van der Waals surface area contributed by atoms with E-state index < -0.39 is 11.4 Å². The summed E-state index contributed by atoms with van der Waals surface area (Å²) in [4.78, 5) is 22.4. The molecule has 9 heteroatoms. The zero-order valence-electron chi connectivity index (χ0n) is 18.9. The average Bonchev–Trinajstić information content (AvgIpc) is 3.36. The lowest BCUT2D eigenvalue weighted by molar-refractivity contribution is -0.0214. The number of piperidine rings is 1. The van der Waals surface area contributed by atoms with Gasteiger partial charge in [-0.3, -0.25) is 4.79 Å². The van der Waals surface area contributed by atoms with Crippen molar-refractivity contribution in [3.63, 3.8) is 0 Å². The van der Waals surface area contributed by atoms with Gasteiger partial charge in [-0.1, -0.05) is 59.1 Å². The van der Waals surface area contributed by atoms with E-state index in [0.717, 1.165) is 16.7 Å². The topological polar surface area (TPSA) is 69.2 Å². The molecule has 5 rings (SSSR count). The number of carbonyl (C=O) groups excluding carboxylic acids is 1. The molecular weight excluding hydrogens is 524 g/mol. The smallest absolute Gasteiger partial charge is 0.271 e. The number of hydrogen-bond acceptors (Lipinski definition) is 3. The number of amides is 1. The highest BCUT2D eigenvalue weighted by Crippen LogP contribution is 2.37. The Hall–Kier alpha value is -2.90. The summed E-state index contributed by atoms with van der Waals surface area (Å²) in [6.07, 6.45) is 2.04. The molecule has 4 aromatic rings. The molecule has 0 aliphatic carbocycles. The Kier molecular flexibility index (Phi) is 6.79. The minimum atomic E-state index is -1.23. The Labute approximate surface area is 222 Å². The van der Waals surface area contributed by atoms with Gasteiger partial charge in [-0.25, -0.2) is 9.37 Å². The second-order valence-corrected chi connectivity index (χ2v) is 10.0. The van der Waals surface area contributed by atoms with Gasteiger partial charge >= 0.3 is 0 Å². The van der Waals surface area contributed by atoms with Gasteiger partial charge in [0.2, 0.25) is 0 Å². The molecule has 0 radical (unpaired) electrons. The van der Waals surface area contributed by atoms with Gasteiger partial charge in [0.15, 0.2) is 0 Å². The number of imidazole rings is 1. The molecule has 0 saturated carbocycles. The van der Waals surface area contributed by atoms with E-state index in [9.17, 15) is 14.3 Å². The minimum absolute atomic E-state index is 0.00314. The number of halogens is 4. The third kappa shape index (κ3) is 4.74. The van der Waals surface area contributed by atoms with E-state index in [1.165, 1.54) is 18.3 Å². The first-order valence-corrected chi connectivity index (χ1v) is 12.5. The first kappa shape index (κ1) is 24.8. The minimum Gasteiger partial charge on any atom is -0.385 e. The Morgan fingerprint density at radius 2 is 1.69 bits per heavy atom. The maximum atomic E-state index is 13.9. The van der Waals surface area contributed by atoms with Gasteiger partial charge in [0.25, 0.3) is 5.91 Å². The van der Waals surface area contributed by atoms with Crippen molar-refractivity contribution in [1.29, 1.82) is 0 Å². The zero-order chi connectivity index (χ0) is 25.4. The van der Waals surface area contributed by atoms with Crippen LogP contribution in [0.1, 0.15) is 28.9 Å². The summed E-state index contributed by atoms with van der Waals surface area (Å²) in [5.74, 6) is -0.300. The molecule has 0 unspecified atom stereocenters. The molecule has 1 fully saturated rings. The van der Waals surface area contributed by atoms with E-state index in [1.807, 2.05) is 30.3 Å². The fraction of sp³-hybridized carbons (Fsp3) is 0.185. The second kappa shape index (κ2) is 9.87. The van der Waals surface area contributed by atoms with Crippen LogP contribution in [0.2, 0.25) is 15.1 Å². The molecule has 1 saturated heterocycles. The average molecular weight is 545 g/mol. The second-order valence-electron chi connectivity index (χ2n) is 8.77. The van der Waals surface area contributed by atoms with Gasteiger partial charge in [-0.15, -0.1) is 0 Å². The number of likely N-dealkylation sites (tertiary alicyclic amines) is 1. The first-order chi connectivity index (χ1) is 17.2. The van der Waals surface area contributed by atoms with E-state index in [2.05, 4.69) is 9.97 Å². The predicted octanol–water partition coefficient (Wildman–Crippen LogP) is 6.97.